The van der Waals surface area contributed by atoms with E-state index in [1.165, 1.54) is 128 Å². The lowest BCUT2D eigenvalue weighted by Crippen LogP contribution is -2.37. The van der Waals surface area contributed by atoms with Gasteiger partial charge in [-0.15, -0.1) is 0 Å². The minimum Gasteiger partial charge on any atom is -0.469 e. The van der Waals surface area contributed by atoms with Crippen molar-refractivity contribution in [2.24, 2.45) is 5.41 Å². The molecular formula is C102H178O2Si2. The Balaban J connectivity index is -0.000000181. The van der Waals surface area contributed by atoms with Crippen LogP contribution in [0.5, 0.6) is 0 Å². The molecular weight excluding hydrogens is 1310 g/mol. The van der Waals surface area contributed by atoms with Crippen molar-refractivity contribution in [3.05, 3.63) is 255 Å². The topological polar surface area (TPSA) is 26.3 Å². The molecule has 10 rings (SSSR count). The minimum absolute atomic E-state index is 0. The number of carbonyl (C=O) groups excluding carboxylic acids is 1. The van der Waals surface area contributed by atoms with E-state index in [1.54, 1.807) is 38.6 Å². The predicted molar refractivity (Wildman–Crippen MR) is 504 cm³/mol. The molecule has 7 unspecified atom stereocenters. The predicted octanol–water partition coefficient (Wildman–Crippen LogP) is 34.1. The summed E-state index contributed by atoms with van der Waals surface area (Å²) < 4.78 is 5.57. The molecule has 0 N–H and O–H groups in total. The molecule has 606 valence electrons. The van der Waals surface area contributed by atoms with Crippen LogP contribution < -0.4 is 5.19 Å². The Morgan fingerprint density at radius 1 is 0.340 bits per heavy atom. The monoisotopic (exact) mass is 1490 g/mol. The standard InChI is InChI=1S/C34H38.C33H44Si.C19H32O2Si.16CH4/c1-3-26(27-9-5-4-6-10-27)15-16-29(34-21-18-28-11-7-8-12-32(28)24-34)14-13-25(2)31-20-17-30-19-22-33(30)23-31;1-6-26(27-10-8-7-9-11-27)14-15-28(29-20-22-33(23-21-29)34(3,4)5)13-12-25(2)31-18-16-30-17-19-32(30)24-31;1-7-16(17-11-9-8-10-12-17)13-14-19(2,3)18(20)21-15-22(4,5)6;;;;;;;;;;;;;;;;/h4-12,17-18,20-21,23-26,29H,3,13-16,19,22H2,1-2H3;7-11,16,18,20-26,28H,6,12-15,17,19H2,1-5H3;8-12,16H,7,13-15H2,1-6H3;16*1H4. The summed E-state index contributed by atoms with van der Waals surface area (Å²) >= 11 is 0. The number of carbonyl (C=O) groups is 1. The Kier molecular flexibility index (Phi) is 63.7. The largest absolute Gasteiger partial charge is 0.469 e. The Morgan fingerprint density at radius 2 is 0.651 bits per heavy atom. The summed E-state index contributed by atoms with van der Waals surface area (Å²) in [5.41, 5.74) is 16.4. The highest BCUT2D eigenvalue weighted by molar-refractivity contribution is 6.88. The minimum atomic E-state index is -1.35. The number of rotatable bonds is 29. The molecule has 8 aromatic rings. The molecule has 0 saturated carbocycles. The van der Waals surface area contributed by atoms with Crippen molar-refractivity contribution < 1.29 is 9.53 Å². The molecule has 0 radical (unpaired) electrons. The average Bonchev–Trinajstić information content (AvgIpc) is 0.820. The number of aryl methyl sites for hydroxylation is 4. The van der Waals surface area contributed by atoms with Gasteiger partial charge in [0.15, 0.2) is 0 Å². The third kappa shape index (κ3) is 35.1. The van der Waals surface area contributed by atoms with Gasteiger partial charge in [-0.1, -0.05) is 392 Å². The van der Waals surface area contributed by atoms with E-state index in [0.29, 0.717) is 47.7 Å². The molecule has 0 aliphatic heterocycles. The van der Waals surface area contributed by atoms with Gasteiger partial charge in [-0.3, -0.25) is 4.79 Å². The average molecular weight is 1490 g/mol. The first-order valence-corrected chi connectivity index (χ1v) is 42.6. The summed E-state index contributed by atoms with van der Waals surface area (Å²) in [7, 11) is -2.61. The molecule has 4 heteroatoms. The van der Waals surface area contributed by atoms with Crippen molar-refractivity contribution >= 4 is 38.1 Å². The lowest BCUT2D eigenvalue weighted by Gasteiger charge is -2.27. The molecule has 0 saturated heterocycles. The maximum absolute atomic E-state index is 12.3. The van der Waals surface area contributed by atoms with E-state index in [9.17, 15) is 4.79 Å². The van der Waals surface area contributed by atoms with Gasteiger partial charge in [0.25, 0.3) is 0 Å². The fraction of sp³-hybridized carbons (Fsp3) is 0.539. The zero-order valence-electron chi connectivity index (χ0n) is 58.1. The molecule has 0 fully saturated rings. The molecule has 0 aromatic heterocycles. The highest BCUT2D eigenvalue weighted by Crippen LogP contribution is 2.40. The zero-order valence-corrected chi connectivity index (χ0v) is 60.1. The SMILES string of the molecule is C.C.C.C.C.C.C.C.C.C.C.C.C.C.C.C.CCC(CCC(C)(C)C(=O)OC[Si](C)(C)C)c1ccccc1.CCC(CCC(CCC(C)c1ccc2c(c1)CC2)c1ccc([Si](C)(C)C)cc1)c1ccccc1.CCC(CCC(CCC(C)c1ccc2c(c1)CC2)c1ccc2ccccc2c1)c1ccccc1. The van der Waals surface area contributed by atoms with Gasteiger partial charge in [0, 0.05) is 0 Å². The van der Waals surface area contributed by atoms with Gasteiger partial charge in [0.05, 0.1) is 27.8 Å². The van der Waals surface area contributed by atoms with Gasteiger partial charge in [-0.25, -0.2) is 0 Å². The van der Waals surface area contributed by atoms with E-state index < -0.39 is 21.6 Å². The van der Waals surface area contributed by atoms with Crippen LogP contribution in [-0.4, -0.2) is 28.3 Å². The van der Waals surface area contributed by atoms with Crippen molar-refractivity contribution in [3.63, 3.8) is 0 Å². The second-order valence-corrected chi connectivity index (χ2v) is 40.6. The van der Waals surface area contributed by atoms with Gasteiger partial charge in [0.2, 0.25) is 0 Å². The van der Waals surface area contributed by atoms with E-state index in [2.05, 4.69) is 262 Å². The third-order valence-electron chi connectivity index (χ3n) is 20.6. The Bertz CT molecular complexity index is 3430. The fourth-order valence-corrected chi connectivity index (χ4v) is 15.6. The van der Waals surface area contributed by atoms with Crippen molar-refractivity contribution in [1.29, 1.82) is 0 Å². The number of benzene rings is 8. The Morgan fingerprint density at radius 3 is 1.00 bits per heavy atom. The quantitative estimate of drug-likeness (QED) is 0.0345. The highest BCUT2D eigenvalue weighted by Gasteiger charge is 2.32. The molecule has 8 aromatic carbocycles. The summed E-state index contributed by atoms with van der Waals surface area (Å²) in [6.07, 6.45) is 21.2. The molecule has 0 bridgehead atoms. The number of hydrogen-bond acceptors (Lipinski definition) is 2. The van der Waals surface area contributed by atoms with Crippen molar-refractivity contribution in [2.75, 3.05) is 6.23 Å². The van der Waals surface area contributed by atoms with Crippen LogP contribution >= 0.6 is 0 Å². The highest BCUT2D eigenvalue weighted by atomic mass is 28.3. The molecule has 2 aliphatic carbocycles. The summed E-state index contributed by atoms with van der Waals surface area (Å²) in [5, 5.41) is 4.29. The molecule has 106 heavy (non-hydrogen) atoms. The normalized spacial score (nSPS) is 12.8. The van der Waals surface area contributed by atoms with Crippen LogP contribution in [-0.2, 0) is 35.2 Å². The summed E-state index contributed by atoms with van der Waals surface area (Å²) in [5.74, 6) is 4.28. The lowest BCUT2D eigenvalue weighted by atomic mass is 9.80. The smallest absolute Gasteiger partial charge is 0.311 e. The summed E-state index contributed by atoms with van der Waals surface area (Å²) in [6, 6.07) is 73.1. The molecule has 0 spiro atoms. The van der Waals surface area contributed by atoms with E-state index in [4.69, 9.17) is 4.74 Å². The number of esters is 1. The van der Waals surface area contributed by atoms with Crippen LogP contribution in [0.4, 0.5) is 0 Å². The van der Waals surface area contributed by atoms with Gasteiger partial charge >= 0.3 is 5.97 Å². The number of fused-ring (bicyclic) bond motifs is 3. The van der Waals surface area contributed by atoms with E-state index in [1.807, 2.05) is 19.9 Å². The zero-order chi connectivity index (χ0) is 64.3. The second-order valence-electron chi connectivity index (χ2n) is 30.1. The number of ether oxygens (including phenoxy) is 1. The van der Waals surface area contributed by atoms with Gasteiger partial charge in [-0.05, 0) is 236 Å². The van der Waals surface area contributed by atoms with Gasteiger partial charge in [0.1, 0.15) is 0 Å². The maximum atomic E-state index is 12.3. The fourth-order valence-electron chi connectivity index (χ4n) is 13.9. The first kappa shape index (κ1) is 118. The van der Waals surface area contributed by atoms with E-state index in [-0.39, 0.29) is 125 Å². The van der Waals surface area contributed by atoms with Crippen LogP contribution in [0.25, 0.3) is 10.8 Å². The first-order chi connectivity index (χ1) is 43.2. The maximum Gasteiger partial charge on any atom is 0.311 e. The molecule has 7 atom stereocenters. The van der Waals surface area contributed by atoms with Crippen LogP contribution in [0.3, 0.4) is 0 Å². The van der Waals surface area contributed by atoms with Crippen LogP contribution in [0.1, 0.15) is 353 Å². The molecule has 2 nitrogen and oxygen atoms in total. The van der Waals surface area contributed by atoms with E-state index in [0.717, 1.165) is 19.3 Å². The number of hydrogen-bond donors (Lipinski definition) is 0. The molecule has 0 heterocycles. The van der Waals surface area contributed by atoms with Gasteiger partial charge < -0.3 is 4.74 Å². The lowest BCUT2D eigenvalue weighted by molar-refractivity contribution is -0.152. The van der Waals surface area contributed by atoms with Crippen LogP contribution in [0.2, 0.25) is 39.3 Å². The molecule has 2 aliphatic rings. The van der Waals surface area contributed by atoms with Crippen molar-refractivity contribution in [3.8, 4) is 0 Å². The molecule has 0 amide bonds. The summed E-state index contributed by atoms with van der Waals surface area (Å²) in [4.78, 5) is 12.3. The first-order valence-electron chi connectivity index (χ1n) is 35.4. The summed E-state index contributed by atoms with van der Waals surface area (Å²) in [6.45, 7) is 29.8. The van der Waals surface area contributed by atoms with Crippen LogP contribution in [0, 0.1) is 5.41 Å². The van der Waals surface area contributed by atoms with E-state index >= 15 is 0 Å². The third-order valence-corrected chi connectivity index (χ3v) is 23.7. The van der Waals surface area contributed by atoms with Crippen molar-refractivity contribution in [2.45, 2.75) is 357 Å². The van der Waals surface area contributed by atoms with Crippen molar-refractivity contribution in [1.82, 2.24) is 0 Å². The van der Waals surface area contributed by atoms with Crippen LogP contribution in [0.15, 0.2) is 194 Å². The van der Waals surface area contributed by atoms with Gasteiger partial charge in [-0.2, -0.15) is 0 Å². The Hall–Kier alpha value is -6.08. The Labute approximate surface area is 667 Å². The second kappa shape index (κ2) is 57.1.